The maximum absolute atomic E-state index is 14.3. The van der Waals surface area contributed by atoms with Gasteiger partial charge in [0.25, 0.3) is 5.56 Å². The van der Waals surface area contributed by atoms with Gasteiger partial charge < -0.3 is 4.74 Å². The van der Waals surface area contributed by atoms with Crippen LogP contribution in [-0.4, -0.2) is 39.4 Å². The van der Waals surface area contributed by atoms with Crippen LogP contribution in [0.2, 0.25) is 0 Å². The minimum absolute atomic E-state index is 0.152. The molecule has 7 nitrogen and oxygen atoms in total. The Morgan fingerprint density at radius 3 is 2.94 bits per heavy atom. The quantitative estimate of drug-likeness (QED) is 0.682. The fourth-order valence-electron chi connectivity index (χ4n) is 4.39. The van der Waals surface area contributed by atoms with E-state index in [-0.39, 0.29) is 17.5 Å². The third-order valence-corrected chi connectivity index (χ3v) is 5.95. The van der Waals surface area contributed by atoms with Crippen LogP contribution in [0.3, 0.4) is 0 Å². The number of aromatic nitrogens is 3. The Kier molecular flexibility index (Phi) is 5.32. The minimum atomic E-state index is -0.258. The van der Waals surface area contributed by atoms with E-state index in [2.05, 4.69) is 20.3 Å². The topological polar surface area (TPSA) is 72.3 Å². The summed E-state index contributed by atoms with van der Waals surface area (Å²) in [4.78, 5) is 24.0. The van der Waals surface area contributed by atoms with Crippen molar-refractivity contribution < 1.29 is 9.13 Å². The van der Waals surface area contributed by atoms with E-state index in [0.717, 1.165) is 35.4 Å². The second-order valence-electron chi connectivity index (χ2n) is 8.16. The largest absolute Gasteiger partial charge is 0.378 e. The standard InChI is InChI=1S/C24H24FN5O2/c1-15-9-22-27-18(14-32-2)11-23(31)30(22)28-24(15)29-8-7-21-17(13-29)10-16(12-26-21)19-5-3-4-6-20(19)25/h3-6,9-12,24,28H,7-8,13-14H2,1-2H3. The third-order valence-electron chi connectivity index (χ3n) is 5.95. The summed E-state index contributed by atoms with van der Waals surface area (Å²) in [5, 5.41) is 0. The van der Waals surface area contributed by atoms with Crippen LogP contribution in [0, 0.1) is 5.82 Å². The lowest BCUT2D eigenvalue weighted by molar-refractivity contribution is 0.180. The maximum Gasteiger partial charge on any atom is 0.272 e. The molecule has 3 aromatic rings. The van der Waals surface area contributed by atoms with Crippen LogP contribution in [0.5, 0.6) is 0 Å². The lowest BCUT2D eigenvalue weighted by Gasteiger charge is -2.38. The molecular weight excluding hydrogens is 409 g/mol. The first-order valence-electron chi connectivity index (χ1n) is 10.6. The highest BCUT2D eigenvalue weighted by atomic mass is 19.1. The number of methoxy groups -OCH3 is 1. The van der Waals surface area contributed by atoms with Gasteiger partial charge in [0, 0.05) is 55.7 Å². The Morgan fingerprint density at radius 1 is 1.28 bits per heavy atom. The van der Waals surface area contributed by atoms with Crippen molar-refractivity contribution >= 4 is 6.08 Å². The number of fused-ring (bicyclic) bond motifs is 2. The molecule has 5 rings (SSSR count). The minimum Gasteiger partial charge on any atom is -0.378 e. The number of nitrogens with zero attached hydrogens (tertiary/aromatic N) is 4. The molecule has 1 aromatic carbocycles. The fourth-order valence-corrected chi connectivity index (χ4v) is 4.39. The van der Waals surface area contributed by atoms with Crippen molar-refractivity contribution in [1.29, 1.82) is 0 Å². The Balaban J connectivity index is 1.43. The Morgan fingerprint density at radius 2 is 2.12 bits per heavy atom. The van der Waals surface area contributed by atoms with Crippen LogP contribution in [0.1, 0.15) is 29.7 Å². The van der Waals surface area contributed by atoms with Crippen molar-refractivity contribution in [2.75, 3.05) is 19.1 Å². The highest BCUT2D eigenvalue weighted by molar-refractivity contribution is 5.64. The van der Waals surface area contributed by atoms with Crippen LogP contribution < -0.4 is 11.0 Å². The average molecular weight is 433 g/mol. The molecule has 4 heterocycles. The first-order valence-corrected chi connectivity index (χ1v) is 10.6. The summed E-state index contributed by atoms with van der Waals surface area (Å²) in [6.07, 6.45) is 4.31. The van der Waals surface area contributed by atoms with Gasteiger partial charge in [0.15, 0.2) is 5.82 Å². The number of hydrogen-bond donors (Lipinski definition) is 1. The molecule has 1 unspecified atom stereocenters. The number of ether oxygens (including phenoxy) is 1. The Hall–Kier alpha value is -3.36. The van der Waals surface area contributed by atoms with E-state index in [0.29, 0.717) is 30.2 Å². The van der Waals surface area contributed by atoms with Crippen molar-refractivity contribution in [2.45, 2.75) is 32.7 Å². The van der Waals surface area contributed by atoms with Crippen LogP contribution >= 0.6 is 0 Å². The van der Waals surface area contributed by atoms with E-state index < -0.39 is 0 Å². The molecule has 2 aromatic heterocycles. The van der Waals surface area contributed by atoms with Crippen LogP contribution in [0.25, 0.3) is 17.2 Å². The summed E-state index contributed by atoms with van der Waals surface area (Å²) >= 11 is 0. The first kappa shape index (κ1) is 20.5. The normalized spacial score (nSPS) is 17.8. The predicted octanol–water partition coefficient (Wildman–Crippen LogP) is 2.94. The molecule has 0 amide bonds. The number of benzene rings is 1. The van der Waals surface area contributed by atoms with E-state index in [4.69, 9.17) is 4.74 Å². The van der Waals surface area contributed by atoms with Crippen molar-refractivity contribution in [3.63, 3.8) is 0 Å². The van der Waals surface area contributed by atoms with Gasteiger partial charge in [0.2, 0.25) is 0 Å². The van der Waals surface area contributed by atoms with Crippen LogP contribution in [0.15, 0.2) is 53.0 Å². The second-order valence-corrected chi connectivity index (χ2v) is 8.16. The van der Waals surface area contributed by atoms with Gasteiger partial charge in [0.05, 0.1) is 12.3 Å². The summed E-state index contributed by atoms with van der Waals surface area (Å²) in [7, 11) is 1.58. The van der Waals surface area contributed by atoms with Gasteiger partial charge in [-0.1, -0.05) is 18.2 Å². The van der Waals surface area contributed by atoms with E-state index in [1.807, 2.05) is 25.1 Å². The van der Waals surface area contributed by atoms with Gasteiger partial charge >= 0.3 is 0 Å². The molecule has 2 aliphatic rings. The third kappa shape index (κ3) is 3.72. The first-order chi connectivity index (χ1) is 15.5. The molecule has 1 atom stereocenters. The van der Waals surface area contributed by atoms with E-state index in [1.54, 1.807) is 25.4 Å². The number of halogens is 1. The molecule has 0 aliphatic carbocycles. The maximum atomic E-state index is 14.3. The van der Waals surface area contributed by atoms with Crippen molar-refractivity contribution in [1.82, 2.24) is 19.5 Å². The molecule has 2 aliphatic heterocycles. The van der Waals surface area contributed by atoms with Gasteiger partial charge in [-0.15, -0.1) is 0 Å². The van der Waals surface area contributed by atoms with E-state index in [1.165, 1.54) is 16.8 Å². The molecule has 0 saturated heterocycles. The number of pyridine rings is 1. The van der Waals surface area contributed by atoms with Gasteiger partial charge in [-0.2, -0.15) is 0 Å². The summed E-state index contributed by atoms with van der Waals surface area (Å²) in [6, 6.07) is 10.2. The smallest absolute Gasteiger partial charge is 0.272 e. The van der Waals surface area contributed by atoms with E-state index in [9.17, 15) is 9.18 Å². The van der Waals surface area contributed by atoms with Gasteiger partial charge in [-0.05, 0) is 36.3 Å². The van der Waals surface area contributed by atoms with Crippen LogP contribution in [0.4, 0.5) is 4.39 Å². The molecule has 0 bridgehead atoms. The number of nitrogens with one attached hydrogen (secondary N) is 1. The van der Waals surface area contributed by atoms with Crippen LogP contribution in [-0.2, 0) is 24.3 Å². The summed E-state index contributed by atoms with van der Waals surface area (Å²) in [5.41, 5.74) is 8.23. The zero-order chi connectivity index (χ0) is 22.2. The zero-order valence-electron chi connectivity index (χ0n) is 18.0. The highest BCUT2D eigenvalue weighted by Crippen LogP contribution is 2.28. The summed E-state index contributed by atoms with van der Waals surface area (Å²) in [5.74, 6) is 0.310. The lowest BCUT2D eigenvalue weighted by atomic mass is 9.99. The zero-order valence-corrected chi connectivity index (χ0v) is 18.0. The van der Waals surface area contributed by atoms with E-state index >= 15 is 0 Å². The molecule has 0 fully saturated rings. The van der Waals surface area contributed by atoms with Crippen molar-refractivity contribution in [2.24, 2.45) is 0 Å². The summed E-state index contributed by atoms with van der Waals surface area (Å²) < 4.78 is 20.9. The average Bonchev–Trinajstić information content (AvgIpc) is 2.78. The molecule has 0 radical (unpaired) electrons. The molecule has 164 valence electrons. The predicted molar refractivity (Wildman–Crippen MR) is 120 cm³/mol. The molecular formula is C24H24FN5O2. The monoisotopic (exact) mass is 433 g/mol. The SMILES string of the molecule is COCc1cc(=O)n2c(n1)C=C(C)C(N1CCc3ncc(-c4ccccc4F)cc3C1)N2. The van der Waals surface area contributed by atoms with Crippen molar-refractivity contribution in [3.8, 4) is 11.1 Å². The lowest BCUT2D eigenvalue weighted by Crippen LogP contribution is -2.51. The van der Waals surface area contributed by atoms with Gasteiger partial charge in [0.1, 0.15) is 12.0 Å². The highest BCUT2D eigenvalue weighted by Gasteiger charge is 2.29. The number of rotatable bonds is 4. The summed E-state index contributed by atoms with van der Waals surface area (Å²) in [6.45, 7) is 3.76. The molecule has 8 heteroatoms. The fraction of sp³-hybridized carbons (Fsp3) is 0.292. The van der Waals surface area contributed by atoms with Gasteiger partial charge in [-0.25, -0.2) is 14.1 Å². The molecule has 0 spiro atoms. The molecule has 1 N–H and O–H groups in total. The van der Waals surface area contributed by atoms with Gasteiger partial charge in [-0.3, -0.25) is 20.1 Å². The molecule has 0 saturated carbocycles. The Bertz CT molecular complexity index is 1270. The Labute approximate surface area is 185 Å². The number of hydrogen-bond acceptors (Lipinski definition) is 6. The van der Waals surface area contributed by atoms with Crippen molar-refractivity contribution in [3.05, 3.63) is 87.1 Å². The molecule has 32 heavy (non-hydrogen) atoms. The second kappa shape index (κ2) is 8.29.